The Morgan fingerprint density at radius 2 is 2.22 bits per heavy atom. The van der Waals surface area contributed by atoms with Crippen LogP contribution in [0.3, 0.4) is 0 Å². The fourth-order valence-corrected chi connectivity index (χ4v) is 1.98. The molecule has 0 saturated heterocycles. The van der Waals surface area contributed by atoms with E-state index < -0.39 is 10.2 Å². The highest BCUT2D eigenvalue weighted by molar-refractivity contribution is 7.90. The number of hydrogen-bond donors (Lipinski definition) is 3. The quantitative estimate of drug-likeness (QED) is 0.660. The molecule has 0 fully saturated rings. The van der Waals surface area contributed by atoms with Gasteiger partial charge in [0.1, 0.15) is 11.5 Å². The Balaban J connectivity index is 2.81. The molecule has 0 atom stereocenters. The van der Waals surface area contributed by atoms with E-state index in [2.05, 4.69) is 26.3 Å². The molecule has 0 aromatic carbocycles. The van der Waals surface area contributed by atoms with Gasteiger partial charge in [0.25, 0.3) is 10.2 Å². The predicted octanol–water partition coefficient (Wildman–Crippen LogP) is 0.0817. The van der Waals surface area contributed by atoms with Gasteiger partial charge in [0.15, 0.2) is 0 Å². The molecule has 0 spiro atoms. The van der Waals surface area contributed by atoms with Crippen LogP contribution in [-0.4, -0.2) is 31.7 Å². The van der Waals surface area contributed by atoms with Crippen LogP contribution in [0.1, 0.15) is 19.0 Å². The summed E-state index contributed by atoms with van der Waals surface area (Å²) in [6.45, 7) is 1.97. The van der Waals surface area contributed by atoms with Gasteiger partial charge in [0.2, 0.25) is 0 Å². The molecule has 0 bridgehead atoms. The highest BCUT2D eigenvalue weighted by atomic mass is 32.2. The second-order valence-electron chi connectivity index (χ2n) is 3.29. The largest absolute Gasteiger partial charge is 0.395 e. The molecule has 1 rings (SSSR count). The minimum atomic E-state index is -3.58. The molecule has 6 nitrogen and oxygen atoms in total. The highest BCUT2D eigenvalue weighted by Gasteiger charge is 2.08. The summed E-state index contributed by atoms with van der Waals surface area (Å²) in [5, 5.41) is 8.59. The Morgan fingerprint density at radius 3 is 2.89 bits per heavy atom. The number of anilines is 1. The first kappa shape index (κ1) is 14.4. The molecule has 1 aromatic heterocycles. The zero-order valence-electron chi connectivity index (χ0n) is 9.97. The van der Waals surface area contributed by atoms with Crippen molar-refractivity contribution >= 4 is 16.0 Å². The second kappa shape index (κ2) is 6.96. The van der Waals surface area contributed by atoms with E-state index in [1.807, 2.05) is 0 Å². The van der Waals surface area contributed by atoms with E-state index in [1.165, 1.54) is 6.07 Å². The summed E-state index contributed by atoms with van der Waals surface area (Å²) in [6.07, 6.45) is 0.356. The first-order valence-electron chi connectivity index (χ1n) is 5.41. The second-order valence-corrected chi connectivity index (χ2v) is 4.79. The first-order valence-corrected chi connectivity index (χ1v) is 6.90. The van der Waals surface area contributed by atoms with Crippen molar-refractivity contribution in [2.24, 2.45) is 0 Å². The van der Waals surface area contributed by atoms with Crippen LogP contribution < -0.4 is 9.44 Å². The maximum Gasteiger partial charge on any atom is 0.300 e. The minimum absolute atomic E-state index is 0.0141. The van der Waals surface area contributed by atoms with Crippen molar-refractivity contribution in [1.29, 1.82) is 0 Å². The van der Waals surface area contributed by atoms with E-state index in [1.54, 1.807) is 19.1 Å². The molecule has 0 unspecified atom stereocenters. The average Bonchev–Trinajstić information content (AvgIpc) is 2.29. The van der Waals surface area contributed by atoms with Crippen molar-refractivity contribution in [2.75, 3.05) is 17.9 Å². The molecule has 1 aromatic rings. The molecular formula is C11H15N3O3S. The third kappa shape index (κ3) is 5.14. The van der Waals surface area contributed by atoms with Gasteiger partial charge >= 0.3 is 0 Å². The third-order valence-electron chi connectivity index (χ3n) is 1.78. The van der Waals surface area contributed by atoms with E-state index >= 15 is 0 Å². The summed E-state index contributed by atoms with van der Waals surface area (Å²) in [4.78, 5) is 4.03. The van der Waals surface area contributed by atoms with Crippen LogP contribution in [0, 0.1) is 11.8 Å². The zero-order chi connectivity index (χ0) is 13.4. The van der Waals surface area contributed by atoms with E-state index in [-0.39, 0.29) is 12.4 Å². The van der Waals surface area contributed by atoms with Crippen molar-refractivity contribution in [3.63, 3.8) is 0 Å². The van der Waals surface area contributed by atoms with Crippen molar-refractivity contribution in [1.82, 2.24) is 9.71 Å². The van der Waals surface area contributed by atoms with Gasteiger partial charge in [-0.1, -0.05) is 18.9 Å². The Hall–Kier alpha value is -1.62. The van der Waals surface area contributed by atoms with E-state index in [0.29, 0.717) is 18.7 Å². The lowest BCUT2D eigenvalue weighted by Crippen LogP contribution is -2.30. The topological polar surface area (TPSA) is 91.3 Å². The van der Waals surface area contributed by atoms with Crippen LogP contribution in [0.4, 0.5) is 5.82 Å². The lowest BCUT2D eigenvalue weighted by Gasteiger charge is -2.06. The Labute approximate surface area is 107 Å². The number of aromatic nitrogens is 1. The molecule has 0 amide bonds. The SMILES string of the molecule is CCNS(=O)(=O)Nc1cccc(C#CCCO)n1. The Kier molecular flexibility index (Phi) is 5.58. The van der Waals surface area contributed by atoms with Crippen molar-refractivity contribution < 1.29 is 13.5 Å². The number of aliphatic hydroxyl groups excluding tert-OH is 1. The summed E-state index contributed by atoms with van der Waals surface area (Å²) < 4.78 is 27.5. The number of nitrogens with one attached hydrogen (secondary N) is 2. The number of aliphatic hydroxyl groups is 1. The van der Waals surface area contributed by atoms with Crippen LogP contribution in [0.2, 0.25) is 0 Å². The third-order valence-corrected chi connectivity index (χ3v) is 2.92. The van der Waals surface area contributed by atoms with Crippen LogP contribution >= 0.6 is 0 Å². The molecule has 18 heavy (non-hydrogen) atoms. The number of pyridine rings is 1. The van der Waals surface area contributed by atoms with Crippen molar-refractivity contribution in [3.8, 4) is 11.8 Å². The molecule has 0 radical (unpaired) electrons. The molecule has 7 heteroatoms. The predicted molar refractivity (Wildman–Crippen MR) is 69.0 cm³/mol. The maximum atomic E-state index is 11.4. The molecule has 1 heterocycles. The van der Waals surface area contributed by atoms with Gasteiger partial charge in [0.05, 0.1) is 6.61 Å². The van der Waals surface area contributed by atoms with Gasteiger partial charge < -0.3 is 5.11 Å². The molecule has 98 valence electrons. The zero-order valence-corrected chi connectivity index (χ0v) is 10.8. The monoisotopic (exact) mass is 269 g/mol. The fourth-order valence-electron chi connectivity index (χ4n) is 1.13. The molecule has 0 aliphatic rings. The normalized spacial score (nSPS) is 10.6. The molecular weight excluding hydrogens is 254 g/mol. The van der Waals surface area contributed by atoms with Crippen LogP contribution in [0.25, 0.3) is 0 Å². The molecule has 0 saturated carbocycles. The summed E-state index contributed by atoms with van der Waals surface area (Å²) >= 11 is 0. The summed E-state index contributed by atoms with van der Waals surface area (Å²) in [5.74, 6) is 5.64. The standard InChI is InChI=1S/C11H15N3O3S/c1-2-12-18(16,17)14-11-8-5-7-10(13-11)6-3-4-9-15/h5,7-8,12,15H,2,4,9H2,1H3,(H,13,14). The number of hydrogen-bond acceptors (Lipinski definition) is 4. The Morgan fingerprint density at radius 1 is 1.44 bits per heavy atom. The van der Waals surface area contributed by atoms with Crippen LogP contribution in [-0.2, 0) is 10.2 Å². The lowest BCUT2D eigenvalue weighted by atomic mass is 10.3. The van der Waals surface area contributed by atoms with E-state index in [0.717, 1.165) is 0 Å². The summed E-state index contributed by atoms with van der Waals surface area (Å²) in [6, 6.07) is 4.85. The van der Waals surface area contributed by atoms with Crippen molar-refractivity contribution in [2.45, 2.75) is 13.3 Å². The maximum absolute atomic E-state index is 11.4. The van der Waals surface area contributed by atoms with Gasteiger partial charge in [-0.15, -0.1) is 0 Å². The van der Waals surface area contributed by atoms with Crippen LogP contribution in [0.5, 0.6) is 0 Å². The average molecular weight is 269 g/mol. The van der Waals surface area contributed by atoms with Crippen molar-refractivity contribution in [3.05, 3.63) is 23.9 Å². The van der Waals surface area contributed by atoms with Gasteiger partial charge in [-0.25, -0.2) is 4.98 Å². The molecule has 0 aliphatic heterocycles. The van der Waals surface area contributed by atoms with Gasteiger partial charge in [0, 0.05) is 13.0 Å². The lowest BCUT2D eigenvalue weighted by molar-refractivity contribution is 0.305. The smallest absolute Gasteiger partial charge is 0.300 e. The van der Waals surface area contributed by atoms with Crippen LogP contribution in [0.15, 0.2) is 18.2 Å². The number of nitrogens with zero attached hydrogens (tertiary/aromatic N) is 1. The van der Waals surface area contributed by atoms with Gasteiger partial charge in [-0.2, -0.15) is 13.1 Å². The van der Waals surface area contributed by atoms with E-state index in [4.69, 9.17) is 5.11 Å². The van der Waals surface area contributed by atoms with Gasteiger partial charge in [-0.3, -0.25) is 4.72 Å². The van der Waals surface area contributed by atoms with Gasteiger partial charge in [-0.05, 0) is 18.1 Å². The highest BCUT2D eigenvalue weighted by Crippen LogP contribution is 2.05. The fraction of sp³-hybridized carbons (Fsp3) is 0.364. The van der Waals surface area contributed by atoms with E-state index in [9.17, 15) is 8.42 Å². The molecule has 3 N–H and O–H groups in total. The first-order chi connectivity index (χ1) is 8.57. The minimum Gasteiger partial charge on any atom is -0.395 e. The summed E-state index contributed by atoms with van der Waals surface area (Å²) in [7, 11) is -3.58. The molecule has 0 aliphatic carbocycles. The Bertz CT molecular complexity index is 546. The summed E-state index contributed by atoms with van der Waals surface area (Å²) in [5.41, 5.74) is 0.445. The number of rotatable bonds is 5.